The van der Waals surface area contributed by atoms with E-state index in [0.717, 1.165) is 11.1 Å². The van der Waals surface area contributed by atoms with Crippen molar-refractivity contribution in [3.8, 4) is 0 Å². The second kappa shape index (κ2) is 8.04. The first-order valence-corrected chi connectivity index (χ1v) is 9.44. The Labute approximate surface area is 156 Å². The summed E-state index contributed by atoms with van der Waals surface area (Å²) in [6.45, 7) is 27.7. The highest BCUT2D eigenvalue weighted by Gasteiger charge is 2.37. The third-order valence-corrected chi connectivity index (χ3v) is 5.39. The summed E-state index contributed by atoms with van der Waals surface area (Å²) in [7, 11) is 0. The van der Waals surface area contributed by atoms with Gasteiger partial charge in [0.25, 0.3) is 0 Å². The van der Waals surface area contributed by atoms with E-state index in [9.17, 15) is 0 Å². The molecule has 0 N–H and O–H groups in total. The molecule has 0 spiro atoms. The number of hydrogen-bond acceptors (Lipinski definition) is 0. The van der Waals surface area contributed by atoms with Crippen LogP contribution in [0.5, 0.6) is 0 Å². The van der Waals surface area contributed by atoms with Crippen molar-refractivity contribution in [1.82, 2.24) is 0 Å². The van der Waals surface area contributed by atoms with Crippen molar-refractivity contribution in [2.24, 2.45) is 0 Å². The van der Waals surface area contributed by atoms with E-state index in [1.54, 1.807) is 6.08 Å². The van der Waals surface area contributed by atoms with E-state index in [4.69, 9.17) is 0 Å². The summed E-state index contributed by atoms with van der Waals surface area (Å²) in [6, 6.07) is 4.75. The predicted molar refractivity (Wildman–Crippen MR) is 115 cm³/mol. The SMILES string of the molecule is C=C/C=C(\C=C)C(=C)c1cc2c(cc1C)C(C)(C)CCC2(C)C.CC. The molecular formula is C25H36. The summed E-state index contributed by atoms with van der Waals surface area (Å²) in [4.78, 5) is 0. The monoisotopic (exact) mass is 336 g/mol. The fourth-order valence-corrected chi connectivity index (χ4v) is 3.62. The lowest BCUT2D eigenvalue weighted by molar-refractivity contribution is 0.331. The average molecular weight is 337 g/mol. The summed E-state index contributed by atoms with van der Waals surface area (Å²) in [5.74, 6) is 0. The number of allylic oxidation sites excluding steroid dienone is 5. The van der Waals surface area contributed by atoms with Gasteiger partial charge in [0, 0.05) is 0 Å². The van der Waals surface area contributed by atoms with Gasteiger partial charge in [-0.3, -0.25) is 0 Å². The Morgan fingerprint density at radius 3 is 1.88 bits per heavy atom. The summed E-state index contributed by atoms with van der Waals surface area (Å²) in [5, 5.41) is 0. The van der Waals surface area contributed by atoms with Crippen LogP contribution < -0.4 is 0 Å². The fraction of sp³-hybridized carbons (Fsp3) is 0.440. The summed E-state index contributed by atoms with van der Waals surface area (Å²) >= 11 is 0. The third kappa shape index (κ3) is 4.24. The maximum atomic E-state index is 4.32. The molecule has 1 aliphatic rings. The van der Waals surface area contributed by atoms with E-state index in [-0.39, 0.29) is 10.8 Å². The standard InChI is InChI=1S/C23H30.C2H6/c1-9-11-18(10-2)17(4)19-15-21-20(14-16(19)3)22(5,6)12-13-23(21,7)8;1-2/h9-11,14-15H,1-2,4,12-13H2,3,5-8H3;1-2H3/b18-11+;. The van der Waals surface area contributed by atoms with Gasteiger partial charge in [-0.2, -0.15) is 0 Å². The van der Waals surface area contributed by atoms with Crippen molar-refractivity contribution >= 4 is 5.57 Å². The summed E-state index contributed by atoms with van der Waals surface area (Å²) < 4.78 is 0. The molecule has 1 aliphatic carbocycles. The van der Waals surface area contributed by atoms with Gasteiger partial charge in [0.05, 0.1) is 0 Å². The molecule has 0 amide bonds. The van der Waals surface area contributed by atoms with Crippen LogP contribution >= 0.6 is 0 Å². The first kappa shape index (κ1) is 21.2. The highest BCUT2D eigenvalue weighted by atomic mass is 14.4. The molecule has 0 aliphatic heterocycles. The molecule has 0 atom stereocenters. The van der Waals surface area contributed by atoms with Crippen LogP contribution in [0.15, 0.2) is 55.7 Å². The Bertz CT molecular complexity index is 693. The maximum Gasteiger partial charge on any atom is -0.0100 e. The number of hydrogen-bond donors (Lipinski definition) is 0. The van der Waals surface area contributed by atoms with Crippen molar-refractivity contribution in [3.05, 3.63) is 77.9 Å². The molecule has 136 valence electrons. The van der Waals surface area contributed by atoms with Gasteiger partial charge >= 0.3 is 0 Å². The van der Waals surface area contributed by atoms with Crippen molar-refractivity contribution in [2.75, 3.05) is 0 Å². The topological polar surface area (TPSA) is 0 Å². The van der Waals surface area contributed by atoms with Crippen LogP contribution in [-0.2, 0) is 10.8 Å². The minimum absolute atomic E-state index is 0.212. The van der Waals surface area contributed by atoms with E-state index in [1.165, 1.54) is 35.1 Å². The molecule has 0 saturated carbocycles. The Kier molecular flexibility index (Phi) is 6.82. The zero-order valence-electron chi connectivity index (χ0n) is 17.4. The van der Waals surface area contributed by atoms with E-state index in [2.05, 4.69) is 66.5 Å². The molecule has 0 bridgehead atoms. The minimum Gasteiger partial charge on any atom is -0.0990 e. The molecular weight excluding hydrogens is 300 g/mol. The van der Waals surface area contributed by atoms with Crippen LogP contribution in [0.25, 0.3) is 5.57 Å². The summed E-state index contributed by atoms with van der Waals surface area (Å²) in [5.41, 5.74) is 8.00. The number of benzene rings is 1. The average Bonchev–Trinajstić information content (AvgIpc) is 2.58. The lowest BCUT2D eigenvalue weighted by atomic mass is 9.62. The third-order valence-electron chi connectivity index (χ3n) is 5.39. The van der Waals surface area contributed by atoms with Crippen LogP contribution in [-0.4, -0.2) is 0 Å². The Morgan fingerprint density at radius 2 is 1.44 bits per heavy atom. The van der Waals surface area contributed by atoms with E-state index in [0.29, 0.717) is 0 Å². The second-order valence-electron chi connectivity index (χ2n) is 8.02. The maximum absolute atomic E-state index is 4.32. The molecule has 25 heavy (non-hydrogen) atoms. The quantitative estimate of drug-likeness (QED) is 0.494. The largest absolute Gasteiger partial charge is 0.0990 e. The number of fused-ring (bicyclic) bond motifs is 1. The Balaban J connectivity index is 0.00000151. The van der Waals surface area contributed by atoms with Crippen molar-refractivity contribution in [1.29, 1.82) is 0 Å². The van der Waals surface area contributed by atoms with Gasteiger partial charge in [-0.1, -0.05) is 91.6 Å². The highest BCUT2D eigenvalue weighted by Crippen LogP contribution is 2.47. The summed E-state index contributed by atoms with van der Waals surface area (Å²) in [6.07, 6.45) is 8.09. The predicted octanol–water partition coefficient (Wildman–Crippen LogP) is 7.68. The van der Waals surface area contributed by atoms with Crippen LogP contribution in [0.3, 0.4) is 0 Å². The molecule has 0 saturated heterocycles. The van der Waals surface area contributed by atoms with E-state index >= 15 is 0 Å². The number of rotatable bonds is 4. The van der Waals surface area contributed by atoms with Crippen molar-refractivity contribution in [2.45, 2.75) is 72.1 Å². The molecule has 1 aromatic rings. The van der Waals surface area contributed by atoms with Crippen LogP contribution in [0.2, 0.25) is 0 Å². The van der Waals surface area contributed by atoms with Crippen LogP contribution in [0, 0.1) is 6.92 Å². The zero-order chi connectivity index (χ0) is 19.4. The van der Waals surface area contributed by atoms with Crippen LogP contribution in [0.4, 0.5) is 0 Å². The molecule has 0 heteroatoms. The first-order chi connectivity index (χ1) is 11.6. The lowest BCUT2D eigenvalue weighted by Crippen LogP contribution is -2.34. The smallest absolute Gasteiger partial charge is 0.0100 e. The second-order valence-corrected chi connectivity index (χ2v) is 8.02. The lowest BCUT2D eigenvalue weighted by Gasteiger charge is -2.42. The van der Waals surface area contributed by atoms with Gasteiger partial charge in [-0.05, 0) is 64.0 Å². The van der Waals surface area contributed by atoms with E-state index < -0.39 is 0 Å². The number of aryl methyl sites for hydroxylation is 1. The van der Waals surface area contributed by atoms with E-state index in [1.807, 2.05) is 26.0 Å². The highest BCUT2D eigenvalue weighted by molar-refractivity contribution is 5.82. The molecule has 0 heterocycles. The normalized spacial score (nSPS) is 17.6. The van der Waals surface area contributed by atoms with Gasteiger partial charge in [0.15, 0.2) is 0 Å². The van der Waals surface area contributed by atoms with Gasteiger partial charge in [-0.15, -0.1) is 0 Å². The van der Waals surface area contributed by atoms with Crippen LogP contribution in [0.1, 0.15) is 76.6 Å². The van der Waals surface area contributed by atoms with Gasteiger partial charge in [0.1, 0.15) is 0 Å². The molecule has 1 aromatic carbocycles. The van der Waals surface area contributed by atoms with Gasteiger partial charge < -0.3 is 0 Å². The van der Waals surface area contributed by atoms with Crippen molar-refractivity contribution < 1.29 is 0 Å². The molecule has 0 fully saturated rings. The molecule has 0 radical (unpaired) electrons. The molecule has 0 nitrogen and oxygen atoms in total. The minimum atomic E-state index is 0.212. The zero-order valence-corrected chi connectivity index (χ0v) is 17.4. The molecule has 0 aromatic heterocycles. The Hall–Kier alpha value is -1.82. The van der Waals surface area contributed by atoms with Gasteiger partial charge in [-0.25, -0.2) is 0 Å². The molecule has 0 unspecified atom stereocenters. The van der Waals surface area contributed by atoms with Gasteiger partial charge in [0.2, 0.25) is 0 Å². The first-order valence-electron chi connectivity index (χ1n) is 9.44. The molecule has 2 rings (SSSR count). The van der Waals surface area contributed by atoms with Crippen molar-refractivity contribution in [3.63, 3.8) is 0 Å². The Morgan fingerprint density at radius 1 is 0.960 bits per heavy atom. The fourth-order valence-electron chi connectivity index (χ4n) is 3.62.